The van der Waals surface area contributed by atoms with Crippen LogP contribution in [0.1, 0.15) is 30.4 Å². The Labute approximate surface area is 108 Å². The molecule has 94 valence electrons. The van der Waals surface area contributed by atoms with Gasteiger partial charge in [-0.05, 0) is 48.9 Å². The highest BCUT2D eigenvalue weighted by atomic mass is 16.1. The molecule has 0 saturated heterocycles. The van der Waals surface area contributed by atoms with Crippen molar-refractivity contribution in [3.8, 4) is 6.07 Å². The molecule has 1 aromatic rings. The Morgan fingerprint density at radius 2 is 2.06 bits per heavy atom. The maximum absolute atomic E-state index is 11.5. The van der Waals surface area contributed by atoms with E-state index in [1.54, 1.807) is 0 Å². The molecule has 0 fully saturated rings. The van der Waals surface area contributed by atoms with E-state index >= 15 is 0 Å². The molecule has 0 N–H and O–H groups in total. The first-order chi connectivity index (χ1) is 8.70. The molecule has 0 radical (unpaired) electrons. The van der Waals surface area contributed by atoms with E-state index in [0.717, 1.165) is 12.1 Å². The molecule has 0 spiro atoms. The second-order valence-electron chi connectivity index (χ2n) is 4.89. The van der Waals surface area contributed by atoms with E-state index in [1.165, 1.54) is 30.4 Å². The molecular weight excluding hydrogens is 224 g/mol. The van der Waals surface area contributed by atoms with E-state index in [-0.39, 0.29) is 12.2 Å². The van der Waals surface area contributed by atoms with E-state index in [2.05, 4.69) is 18.2 Å². The van der Waals surface area contributed by atoms with Crippen molar-refractivity contribution in [2.75, 3.05) is 18.5 Å². The number of fused-ring (bicyclic) bond motifs is 1. The maximum atomic E-state index is 11.5. The highest BCUT2D eigenvalue weighted by Crippen LogP contribution is 2.25. The fourth-order valence-corrected chi connectivity index (χ4v) is 2.46. The normalized spacial score (nSPS) is 13.6. The van der Waals surface area contributed by atoms with Gasteiger partial charge < -0.3 is 4.90 Å². The molecule has 1 aliphatic carbocycles. The third kappa shape index (κ3) is 2.89. The summed E-state index contributed by atoms with van der Waals surface area (Å²) in [5.41, 5.74) is 3.93. The number of likely N-dealkylation sites (N-methyl/N-ethyl adjacent to an activating group) is 1. The topological polar surface area (TPSA) is 44.1 Å². The summed E-state index contributed by atoms with van der Waals surface area (Å²) in [5, 5.41) is 8.49. The van der Waals surface area contributed by atoms with E-state index in [0.29, 0.717) is 6.54 Å². The molecule has 0 amide bonds. The molecule has 0 aliphatic heterocycles. The summed E-state index contributed by atoms with van der Waals surface area (Å²) in [7, 11) is 1.90. The van der Waals surface area contributed by atoms with Crippen LogP contribution in [-0.2, 0) is 17.6 Å². The summed E-state index contributed by atoms with van der Waals surface area (Å²) in [6, 6.07) is 8.34. The number of hydrogen-bond acceptors (Lipinski definition) is 3. The number of rotatable bonds is 4. The first kappa shape index (κ1) is 12.6. The average Bonchev–Trinajstić information content (AvgIpc) is 2.38. The number of nitriles is 1. The maximum Gasteiger partial charge on any atom is 0.166 e. The van der Waals surface area contributed by atoms with Gasteiger partial charge in [0.2, 0.25) is 0 Å². The van der Waals surface area contributed by atoms with Crippen molar-refractivity contribution >= 4 is 11.5 Å². The van der Waals surface area contributed by atoms with Crippen molar-refractivity contribution < 1.29 is 4.79 Å². The third-order valence-electron chi connectivity index (χ3n) is 3.46. The second-order valence-corrected chi connectivity index (χ2v) is 4.89. The lowest BCUT2D eigenvalue weighted by Crippen LogP contribution is -2.25. The number of Topliss-reactive ketones (excluding diaryl/α,β-unsaturated/α-hetero) is 1. The van der Waals surface area contributed by atoms with Gasteiger partial charge in [0.05, 0.1) is 19.0 Å². The number of hydrogen-bond donors (Lipinski definition) is 0. The van der Waals surface area contributed by atoms with Crippen LogP contribution in [0.15, 0.2) is 18.2 Å². The fraction of sp³-hybridized carbons (Fsp3) is 0.467. The number of anilines is 1. The van der Waals surface area contributed by atoms with Gasteiger partial charge >= 0.3 is 0 Å². The van der Waals surface area contributed by atoms with Crippen molar-refractivity contribution in [3.63, 3.8) is 0 Å². The Morgan fingerprint density at radius 3 is 2.78 bits per heavy atom. The van der Waals surface area contributed by atoms with Crippen LogP contribution in [-0.4, -0.2) is 19.4 Å². The molecular formula is C15H18N2O. The van der Waals surface area contributed by atoms with Crippen LogP contribution in [0.25, 0.3) is 0 Å². The minimum Gasteiger partial charge on any atom is -0.367 e. The Balaban J connectivity index is 2.09. The van der Waals surface area contributed by atoms with Crippen molar-refractivity contribution in [2.45, 2.75) is 32.1 Å². The molecule has 0 atom stereocenters. The van der Waals surface area contributed by atoms with Crippen LogP contribution in [0.4, 0.5) is 5.69 Å². The molecule has 0 saturated carbocycles. The van der Waals surface area contributed by atoms with E-state index in [4.69, 9.17) is 5.26 Å². The number of nitrogens with zero attached hydrogens (tertiary/aromatic N) is 2. The molecule has 0 unspecified atom stereocenters. The molecule has 18 heavy (non-hydrogen) atoms. The zero-order chi connectivity index (χ0) is 13.0. The second kappa shape index (κ2) is 5.68. The Hall–Kier alpha value is -1.82. The molecule has 0 aromatic heterocycles. The van der Waals surface area contributed by atoms with E-state index < -0.39 is 0 Å². The van der Waals surface area contributed by atoms with E-state index in [9.17, 15) is 4.79 Å². The van der Waals surface area contributed by atoms with Crippen LogP contribution < -0.4 is 4.90 Å². The SMILES string of the molecule is CN(CC(=O)CC#N)c1ccc2c(c1)CCCC2. The molecule has 2 rings (SSSR count). The Morgan fingerprint density at radius 1 is 1.33 bits per heavy atom. The Bertz CT molecular complexity index is 488. The van der Waals surface area contributed by atoms with Crippen molar-refractivity contribution in [2.24, 2.45) is 0 Å². The lowest BCUT2D eigenvalue weighted by Gasteiger charge is -2.22. The van der Waals surface area contributed by atoms with Crippen LogP contribution in [0.2, 0.25) is 0 Å². The van der Waals surface area contributed by atoms with Crippen molar-refractivity contribution in [1.29, 1.82) is 5.26 Å². The standard InChI is InChI=1S/C15H18N2O/c1-17(11-15(18)8-9-16)14-7-6-12-4-2-3-5-13(12)10-14/h6-7,10H,2-5,8,11H2,1H3. The van der Waals surface area contributed by atoms with Gasteiger partial charge in [-0.25, -0.2) is 0 Å². The smallest absolute Gasteiger partial charge is 0.166 e. The summed E-state index contributed by atoms with van der Waals surface area (Å²) in [4.78, 5) is 13.4. The van der Waals surface area contributed by atoms with Crippen molar-refractivity contribution in [3.05, 3.63) is 29.3 Å². The summed E-state index contributed by atoms with van der Waals surface area (Å²) < 4.78 is 0. The summed E-state index contributed by atoms with van der Waals surface area (Å²) in [5.74, 6) is -0.0299. The van der Waals surface area contributed by atoms with Gasteiger partial charge in [0.25, 0.3) is 0 Å². The first-order valence-corrected chi connectivity index (χ1v) is 6.42. The zero-order valence-corrected chi connectivity index (χ0v) is 10.8. The van der Waals surface area contributed by atoms with Gasteiger partial charge in [0, 0.05) is 12.7 Å². The predicted octanol–water partition coefficient (Wildman–Crippen LogP) is 2.48. The molecule has 1 aliphatic rings. The third-order valence-corrected chi connectivity index (χ3v) is 3.46. The summed E-state index contributed by atoms with van der Waals surface area (Å²) in [6.45, 7) is 0.312. The number of ketones is 1. The summed E-state index contributed by atoms with van der Waals surface area (Å²) >= 11 is 0. The molecule has 0 heterocycles. The summed E-state index contributed by atoms with van der Waals surface area (Å²) in [6.07, 6.45) is 4.85. The first-order valence-electron chi connectivity index (χ1n) is 6.42. The Kier molecular flexibility index (Phi) is 3.99. The number of carbonyl (C=O) groups excluding carboxylic acids is 1. The number of carbonyl (C=O) groups is 1. The average molecular weight is 242 g/mol. The van der Waals surface area contributed by atoms with Gasteiger partial charge in [-0.3, -0.25) is 4.79 Å². The van der Waals surface area contributed by atoms with Crippen LogP contribution >= 0.6 is 0 Å². The number of benzene rings is 1. The quantitative estimate of drug-likeness (QED) is 0.814. The van der Waals surface area contributed by atoms with E-state index in [1.807, 2.05) is 18.0 Å². The molecule has 3 heteroatoms. The van der Waals surface area contributed by atoms with Gasteiger partial charge in [-0.2, -0.15) is 5.26 Å². The van der Waals surface area contributed by atoms with Crippen LogP contribution in [0.3, 0.4) is 0 Å². The molecule has 3 nitrogen and oxygen atoms in total. The largest absolute Gasteiger partial charge is 0.367 e. The number of aryl methyl sites for hydroxylation is 2. The minimum absolute atomic E-state index is 0.00468. The van der Waals surface area contributed by atoms with Gasteiger partial charge in [-0.1, -0.05) is 6.07 Å². The van der Waals surface area contributed by atoms with Crippen molar-refractivity contribution in [1.82, 2.24) is 0 Å². The minimum atomic E-state index is -0.0299. The van der Waals surface area contributed by atoms with Gasteiger partial charge in [-0.15, -0.1) is 0 Å². The zero-order valence-electron chi connectivity index (χ0n) is 10.8. The lowest BCUT2D eigenvalue weighted by atomic mass is 9.91. The monoisotopic (exact) mass is 242 g/mol. The van der Waals surface area contributed by atoms with Crippen LogP contribution in [0.5, 0.6) is 0 Å². The van der Waals surface area contributed by atoms with Crippen LogP contribution in [0, 0.1) is 11.3 Å². The predicted molar refractivity (Wildman–Crippen MR) is 71.6 cm³/mol. The molecule has 1 aromatic carbocycles. The lowest BCUT2D eigenvalue weighted by molar-refractivity contribution is -0.116. The molecule has 0 bridgehead atoms. The van der Waals surface area contributed by atoms with Gasteiger partial charge in [0.15, 0.2) is 5.78 Å². The highest BCUT2D eigenvalue weighted by Gasteiger charge is 2.12. The van der Waals surface area contributed by atoms with Gasteiger partial charge in [0.1, 0.15) is 0 Å². The fourth-order valence-electron chi connectivity index (χ4n) is 2.46. The highest BCUT2D eigenvalue weighted by molar-refractivity contribution is 5.85.